The van der Waals surface area contributed by atoms with Gasteiger partial charge in [-0.15, -0.1) is 0 Å². The number of rotatable bonds is 4. The summed E-state index contributed by atoms with van der Waals surface area (Å²) in [5, 5.41) is 14.9. The zero-order chi connectivity index (χ0) is 20.5. The van der Waals surface area contributed by atoms with Crippen LogP contribution in [0.1, 0.15) is 35.7 Å². The minimum atomic E-state index is -0.411. The van der Waals surface area contributed by atoms with Gasteiger partial charge in [0.15, 0.2) is 5.13 Å². The van der Waals surface area contributed by atoms with Gasteiger partial charge in [0.25, 0.3) is 11.6 Å². The summed E-state index contributed by atoms with van der Waals surface area (Å²) in [4.78, 5) is 30.4. The Bertz CT molecular complexity index is 1090. The molecule has 29 heavy (non-hydrogen) atoms. The molecule has 8 heteroatoms. The van der Waals surface area contributed by atoms with Crippen LogP contribution in [0, 0.1) is 23.0 Å². The maximum Gasteiger partial charge on any atom is 0.293 e. The molecule has 3 aromatic rings. The number of thiazole rings is 1. The smallest absolute Gasteiger partial charge is 0.293 e. The number of nitro benzene ring substituents is 1. The van der Waals surface area contributed by atoms with Crippen molar-refractivity contribution >= 4 is 44.0 Å². The molecule has 0 spiro atoms. The van der Waals surface area contributed by atoms with Gasteiger partial charge in [-0.25, -0.2) is 4.98 Å². The number of amides is 1. The molecule has 4 rings (SSSR count). The standard InChI is InChI=1S/C21H22N4O3S/c1-13-5-7-16-19(10-13)29-21(22-16)23-20(26)15-6-8-17(18(11-15)25(27)28)24-9-3-4-14(2)12-24/h5-8,10-11,14H,3-4,9,12H2,1-2H3,(H,22,23,26)/t14-/m1/s1. The SMILES string of the molecule is Cc1ccc2nc(NC(=O)c3ccc(N4CCC[C@@H](C)C4)c([N+](=O)[O-])c3)sc2c1. The number of carbonyl (C=O) groups excluding carboxylic acids is 1. The molecular formula is C21H22N4O3S. The summed E-state index contributed by atoms with van der Waals surface area (Å²) >= 11 is 1.39. The number of benzene rings is 2. The summed E-state index contributed by atoms with van der Waals surface area (Å²) in [6.45, 7) is 5.74. The molecule has 1 N–H and O–H groups in total. The fourth-order valence-electron chi connectivity index (χ4n) is 3.74. The average molecular weight is 410 g/mol. The van der Waals surface area contributed by atoms with E-state index in [0.29, 0.717) is 16.7 Å². The first-order chi connectivity index (χ1) is 13.9. The van der Waals surface area contributed by atoms with Crippen LogP contribution in [0.4, 0.5) is 16.5 Å². The van der Waals surface area contributed by atoms with Crippen LogP contribution in [-0.2, 0) is 0 Å². The molecular weight excluding hydrogens is 388 g/mol. The molecule has 2 aromatic carbocycles. The van der Waals surface area contributed by atoms with Gasteiger partial charge in [0.2, 0.25) is 0 Å². The summed E-state index contributed by atoms with van der Waals surface area (Å²) in [7, 11) is 0. The van der Waals surface area contributed by atoms with Gasteiger partial charge in [0.1, 0.15) is 5.69 Å². The third kappa shape index (κ3) is 4.07. The highest BCUT2D eigenvalue weighted by Crippen LogP contribution is 2.33. The van der Waals surface area contributed by atoms with Gasteiger partial charge in [0, 0.05) is 24.7 Å². The number of hydrogen-bond donors (Lipinski definition) is 1. The van der Waals surface area contributed by atoms with E-state index < -0.39 is 10.8 Å². The first kappa shape index (κ1) is 19.3. The molecule has 1 aliphatic heterocycles. The number of nitrogens with zero attached hydrogens (tertiary/aromatic N) is 3. The van der Waals surface area contributed by atoms with Crippen molar-refractivity contribution in [2.24, 2.45) is 5.92 Å². The van der Waals surface area contributed by atoms with E-state index in [2.05, 4.69) is 17.2 Å². The van der Waals surface area contributed by atoms with Gasteiger partial charge in [-0.05, 0) is 55.5 Å². The molecule has 1 atom stereocenters. The summed E-state index contributed by atoms with van der Waals surface area (Å²) in [5.74, 6) is 0.0939. The maximum absolute atomic E-state index is 12.7. The van der Waals surface area contributed by atoms with Crippen LogP contribution in [-0.4, -0.2) is 28.9 Å². The zero-order valence-corrected chi connectivity index (χ0v) is 17.2. The zero-order valence-electron chi connectivity index (χ0n) is 16.3. The Morgan fingerprint density at radius 1 is 1.31 bits per heavy atom. The van der Waals surface area contributed by atoms with Crippen molar-refractivity contribution in [1.29, 1.82) is 0 Å². The van der Waals surface area contributed by atoms with E-state index in [-0.39, 0.29) is 11.3 Å². The minimum absolute atomic E-state index is 0.0355. The quantitative estimate of drug-likeness (QED) is 0.483. The van der Waals surface area contributed by atoms with Gasteiger partial charge in [-0.2, -0.15) is 0 Å². The monoisotopic (exact) mass is 410 g/mol. The van der Waals surface area contributed by atoms with Crippen molar-refractivity contribution in [1.82, 2.24) is 4.98 Å². The van der Waals surface area contributed by atoms with Gasteiger partial charge >= 0.3 is 0 Å². The fourth-order valence-corrected chi connectivity index (χ4v) is 4.70. The number of anilines is 2. The highest BCUT2D eigenvalue weighted by molar-refractivity contribution is 7.22. The van der Waals surface area contributed by atoms with Crippen molar-refractivity contribution in [2.45, 2.75) is 26.7 Å². The van der Waals surface area contributed by atoms with E-state index in [9.17, 15) is 14.9 Å². The van der Waals surface area contributed by atoms with Crippen LogP contribution in [0.5, 0.6) is 0 Å². The highest BCUT2D eigenvalue weighted by atomic mass is 32.1. The fraction of sp³-hybridized carbons (Fsp3) is 0.333. The second kappa shape index (κ2) is 7.79. The van der Waals surface area contributed by atoms with E-state index in [0.717, 1.165) is 41.7 Å². The molecule has 2 heterocycles. The van der Waals surface area contributed by atoms with Crippen LogP contribution in [0.2, 0.25) is 0 Å². The van der Waals surface area contributed by atoms with Crippen molar-refractivity contribution in [3.8, 4) is 0 Å². The molecule has 1 fully saturated rings. The van der Waals surface area contributed by atoms with Crippen LogP contribution in [0.15, 0.2) is 36.4 Å². The molecule has 1 amide bonds. The minimum Gasteiger partial charge on any atom is -0.366 e. The summed E-state index contributed by atoms with van der Waals surface area (Å²) < 4.78 is 0.987. The van der Waals surface area contributed by atoms with Crippen molar-refractivity contribution in [2.75, 3.05) is 23.3 Å². The number of nitrogens with one attached hydrogen (secondary N) is 1. The van der Waals surface area contributed by atoms with Crippen molar-refractivity contribution in [3.05, 3.63) is 57.6 Å². The van der Waals surface area contributed by atoms with Gasteiger partial charge in [-0.1, -0.05) is 24.3 Å². The Hall–Kier alpha value is -3.00. The Balaban J connectivity index is 1.59. The number of hydrogen-bond acceptors (Lipinski definition) is 6. The molecule has 0 unspecified atom stereocenters. The molecule has 0 saturated carbocycles. The first-order valence-corrected chi connectivity index (χ1v) is 10.4. The third-order valence-electron chi connectivity index (χ3n) is 5.20. The average Bonchev–Trinajstić information content (AvgIpc) is 3.08. The second-order valence-electron chi connectivity index (χ2n) is 7.60. The Kier molecular flexibility index (Phi) is 5.19. The summed E-state index contributed by atoms with van der Waals surface area (Å²) in [6, 6.07) is 10.6. The number of aryl methyl sites for hydroxylation is 1. The van der Waals surface area contributed by atoms with Gasteiger partial charge in [-0.3, -0.25) is 20.2 Å². The number of nitro groups is 1. The molecule has 7 nitrogen and oxygen atoms in total. The lowest BCUT2D eigenvalue weighted by atomic mass is 9.99. The van der Waals surface area contributed by atoms with Crippen LogP contribution < -0.4 is 10.2 Å². The van der Waals surface area contributed by atoms with Gasteiger partial charge in [0.05, 0.1) is 15.1 Å². The van der Waals surface area contributed by atoms with Crippen LogP contribution >= 0.6 is 11.3 Å². The Morgan fingerprint density at radius 2 is 2.14 bits per heavy atom. The number of fused-ring (bicyclic) bond motifs is 1. The number of carbonyl (C=O) groups is 1. The van der Waals surface area contributed by atoms with E-state index in [1.807, 2.05) is 30.0 Å². The number of aromatic nitrogens is 1. The van der Waals surface area contributed by atoms with Crippen molar-refractivity contribution < 1.29 is 9.72 Å². The third-order valence-corrected chi connectivity index (χ3v) is 6.13. The van der Waals surface area contributed by atoms with Gasteiger partial charge < -0.3 is 4.90 Å². The molecule has 1 saturated heterocycles. The molecule has 0 radical (unpaired) electrons. The molecule has 1 aromatic heterocycles. The van der Waals surface area contributed by atoms with Crippen molar-refractivity contribution in [3.63, 3.8) is 0 Å². The Labute approximate surface area is 172 Å². The molecule has 0 bridgehead atoms. The lowest BCUT2D eigenvalue weighted by Crippen LogP contribution is -2.34. The second-order valence-corrected chi connectivity index (χ2v) is 8.63. The highest BCUT2D eigenvalue weighted by Gasteiger charge is 2.25. The molecule has 0 aliphatic carbocycles. The molecule has 150 valence electrons. The summed E-state index contributed by atoms with van der Waals surface area (Å²) in [5.41, 5.74) is 2.73. The van der Waals surface area contributed by atoms with Crippen LogP contribution in [0.3, 0.4) is 0 Å². The van der Waals surface area contributed by atoms with E-state index in [4.69, 9.17) is 0 Å². The van der Waals surface area contributed by atoms with E-state index in [1.54, 1.807) is 12.1 Å². The van der Waals surface area contributed by atoms with E-state index >= 15 is 0 Å². The summed E-state index contributed by atoms with van der Waals surface area (Å²) in [6.07, 6.45) is 2.14. The lowest BCUT2D eigenvalue weighted by Gasteiger charge is -2.32. The predicted octanol–water partition coefficient (Wildman–Crippen LogP) is 5.00. The molecule has 1 aliphatic rings. The number of piperidine rings is 1. The maximum atomic E-state index is 12.7. The topological polar surface area (TPSA) is 88.4 Å². The van der Waals surface area contributed by atoms with E-state index in [1.165, 1.54) is 17.4 Å². The first-order valence-electron chi connectivity index (χ1n) is 9.62. The Morgan fingerprint density at radius 3 is 2.90 bits per heavy atom. The largest absolute Gasteiger partial charge is 0.366 e. The lowest BCUT2D eigenvalue weighted by molar-refractivity contribution is -0.384. The predicted molar refractivity (Wildman–Crippen MR) is 116 cm³/mol. The van der Waals surface area contributed by atoms with Crippen LogP contribution in [0.25, 0.3) is 10.2 Å². The normalized spacial score (nSPS) is 16.8.